The summed E-state index contributed by atoms with van der Waals surface area (Å²) in [5.41, 5.74) is 0.978. The number of amides is 2. The Bertz CT molecular complexity index is 1060. The van der Waals surface area contributed by atoms with E-state index in [9.17, 15) is 9.59 Å². The van der Waals surface area contributed by atoms with Gasteiger partial charge < -0.3 is 14.8 Å². The smallest absolute Gasteiger partial charge is 0.265 e. The summed E-state index contributed by atoms with van der Waals surface area (Å²) in [7, 11) is 0. The number of benzene rings is 3. The van der Waals surface area contributed by atoms with E-state index in [0.29, 0.717) is 33.6 Å². The van der Waals surface area contributed by atoms with Crippen LogP contribution in [0.3, 0.4) is 0 Å². The van der Waals surface area contributed by atoms with Crippen molar-refractivity contribution in [3.05, 3.63) is 77.8 Å². The topological polar surface area (TPSA) is 67.9 Å². The van der Waals surface area contributed by atoms with Crippen LogP contribution in [0.1, 0.15) is 0 Å². The number of para-hydroxylation sites is 3. The molecule has 0 radical (unpaired) electrons. The summed E-state index contributed by atoms with van der Waals surface area (Å²) >= 11 is 6.10. The molecule has 0 unspecified atom stereocenters. The molecule has 4 rings (SSSR count). The second-order valence-corrected chi connectivity index (χ2v) is 6.78. The highest BCUT2D eigenvalue weighted by atomic mass is 35.5. The molecule has 1 N–H and O–H groups in total. The van der Waals surface area contributed by atoms with E-state index in [2.05, 4.69) is 5.32 Å². The summed E-state index contributed by atoms with van der Waals surface area (Å²) in [4.78, 5) is 26.4. The van der Waals surface area contributed by atoms with Gasteiger partial charge in [-0.3, -0.25) is 14.5 Å². The molecule has 3 aromatic rings. The molecular weight excluding hydrogens is 392 g/mol. The summed E-state index contributed by atoms with van der Waals surface area (Å²) in [6, 6.07) is 21.3. The molecule has 0 fully saturated rings. The van der Waals surface area contributed by atoms with Crippen molar-refractivity contribution >= 4 is 34.8 Å². The zero-order chi connectivity index (χ0) is 20.2. The number of halogens is 1. The van der Waals surface area contributed by atoms with Crippen LogP contribution in [0.25, 0.3) is 0 Å². The van der Waals surface area contributed by atoms with Gasteiger partial charge in [0.15, 0.2) is 12.4 Å². The molecule has 3 aromatic carbocycles. The number of hydrogen-bond acceptors (Lipinski definition) is 4. The first kappa shape index (κ1) is 18.8. The van der Waals surface area contributed by atoms with Gasteiger partial charge in [-0.2, -0.15) is 0 Å². The lowest BCUT2D eigenvalue weighted by atomic mass is 10.2. The lowest BCUT2D eigenvalue weighted by Gasteiger charge is -2.28. The van der Waals surface area contributed by atoms with E-state index < -0.39 is 0 Å². The minimum atomic E-state index is -0.379. The summed E-state index contributed by atoms with van der Waals surface area (Å²) in [6.45, 7) is -0.264. The third kappa shape index (κ3) is 4.33. The molecule has 146 valence electrons. The first-order chi connectivity index (χ1) is 14.1. The van der Waals surface area contributed by atoms with E-state index in [1.807, 2.05) is 36.4 Å². The first-order valence-corrected chi connectivity index (χ1v) is 9.32. The Balaban J connectivity index is 1.53. The molecule has 1 heterocycles. The normalized spacial score (nSPS) is 12.7. The fourth-order valence-electron chi connectivity index (χ4n) is 2.97. The highest BCUT2D eigenvalue weighted by Crippen LogP contribution is 2.33. The Labute approximate surface area is 172 Å². The molecule has 7 heteroatoms. The molecule has 0 atom stereocenters. The number of fused-ring (bicyclic) bond motifs is 1. The predicted octanol–water partition coefficient (Wildman–Crippen LogP) is 4.50. The number of nitrogens with one attached hydrogen (secondary N) is 1. The number of carbonyl (C=O) groups is 2. The maximum absolute atomic E-state index is 12.7. The van der Waals surface area contributed by atoms with Crippen LogP contribution in [0.2, 0.25) is 5.02 Å². The molecular formula is C22H17ClN2O4. The largest absolute Gasteiger partial charge is 0.482 e. The van der Waals surface area contributed by atoms with Crippen LogP contribution in [-0.4, -0.2) is 25.0 Å². The predicted molar refractivity (Wildman–Crippen MR) is 111 cm³/mol. The number of carbonyl (C=O) groups excluding carboxylic acids is 2. The molecule has 2 amide bonds. The second-order valence-electron chi connectivity index (χ2n) is 6.34. The molecule has 0 aromatic heterocycles. The monoisotopic (exact) mass is 408 g/mol. The van der Waals surface area contributed by atoms with Gasteiger partial charge in [0.1, 0.15) is 18.0 Å². The van der Waals surface area contributed by atoms with Gasteiger partial charge in [-0.15, -0.1) is 0 Å². The Morgan fingerprint density at radius 2 is 1.83 bits per heavy atom. The van der Waals surface area contributed by atoms with Crippen molar-refractivity contribution in [2.24, 2.45) is 0 Å². The molecule has 1 aliphatic heterocycles. The average Bonchev–Trinajstić information content (AvgIpc) is 2.73. The number of nitrogens with zero attached hydrogens (tertiary/aromatic N) is 1. The van der Waals surface area contributed by atoms with Gasteiger partial charge in [-0.05, 0) is 42.5 Å². The quantitative estimate of drug-likeness (QED) is 0.675. The molecule has 0 saturated carbocycles. The summed E-state index contributed by atoms with van der Waals surface area (Å²) in [6.07, 6.45) is 0. The van der Waals surface area contributed by atoms with Gasteiger partial charge in [0.2, 0.25) is 5.91 Å². The third-order valence-corrected chi connectivity index (χ3v) is 4.53. The van der Waals surface area contributed by atoms with Crippen LogP contribution >= 0.6 is 11.6 Å². The molecule has 6 nitrogen and oxygen atoms in total. The molecule has 29 heavy (non-hydrogen) atoms. The molecule has 1 aliphatic rings. The highest BCUT2D eigenvalue weighted by Gasteiger charge is 2.27. The number of rotatable bonds is 5. The van der Waals surface area contributed by atoms with Gasteiger partial charge in [0.25, 0.3) is 5.91 Å². The zero-order valence-corrected chi connectivity index (χ0v) is 16.1. The van der Waals surface area contributed by atoms with Crippen LogP contribution in [0.4, 0.5) is 11.4 Å². The Morgan fingerprint density at radius 1 is 1.07 bits per heavy atom. The highest BCUT2D eigenvalue weighted by molar-refractivity contribution is 6.31. The van der Waals surface area contributed by atoms with Gasteiger partial charge in [-0.25, -0.2) is 0 Å². The maximum Gasteiger partial charge on any atom is 0.265 e. The van der Waals surface area contributed by atoms with Crippen LogP contribution < -0.4 is 19.7 Å². The van der Waals surface area contributed by atoms with Crippen molar-refractivity contribution in [2.75, 3.05) is 23.4 Å². The third-order valence-electron chi connectivity index (χ3n) is 4.30. The lowest BCUT2D eigenvalue weighted by Crippen LogP contribution is -2.43. The van der Waals surface area contributed by atoms with E-state index in [-0.39, 0.29) is 25.0 Å². The summed E-state index contributed by atoms with van der Waals surface area (Å²) in [5.74, 6) is 0.974. The Kier molecular flexibility index (Phi) is 5.35. The summed E-state index contributed by atoms with van der Waals surface area (Å²) < 4.78 is 11.3. The van der Waals surface area contributed by atoms with Gasteiger partial charge in [0.05, 0.1) is 11.4 Å². The standard InChI is InChI=1S/C22H17ClN2O4/c23-15-10-11-19(29-16-6-2-1-3-7-16)17(12-15)24-21(26)13-25-18-8-4-5-9-20(18)28-14-22(25)27/h1-12H,13-14H2,(H,24,26). The van der Waals surface area contributed by atoms with Crippen LogP contribution in [0.5, 0.6) is 17.2 Å². The Hall–Kier alpha value is -3.51. The van der Waals surface area contributed by atoms with Crippen LogP contribution in [0.15, 0.2) is 72.8 Å². The van der Waals surface area contributed by atoms with Crippen LogP contribution in [0, 0.1) is 0 Å². The van der Waals surface area contributed by atoms with Crippen LogP contribution in [-0.2, 0) is 9.59 Å². The van der Waals surface area contributed by atoms with Crippen molar-refractivity contribution < 1.29 is 19.1 Å². The average molecular weight is 409 g/mol. The first-order valence-electron chi connectivity index (χ1n) is 8.94. The van der Waals surface area contributed by atoms with Crippen molar-refractivity contribution in [3.63, 3.8) is 0 Å². The zero-order valence-electron chi connectivity index (χ0n) is 15.3. The minimum Gasteiger partial charge on any atom is -0.482 e. The molecule has 0 spiro atoms. The molecule has 0 saturated heterocycles. The van der Waals surface area contributed by atoms with E-state index in [1.165, 1.54) is 4.90 Å². The fraction of sp³-hybridized carbons (Fsp3) is 0.0909. The number of anilines is 2. The second kappa shape index (κ2) is 8.24. The van der Waals surface area contributed by atoms with Gasteiger partial charge in [-0.1, -0.05) is 41.9 Å². The maximum atomic E-state index is 12.7. The van der Waals surface area contributed by atoms with Gasteiger partial charge >= 0.3 is 0 Å². The lowest BCUT2D eigenvalue weighted by molar-refractivity contribution is -0.123. The summed E-state index contributed by atoms with van der Waals surface area (Å²) in [5, 5.41) is 3.24. The van der Waals surface area contributed by atoms with Gasteiger partial charge in [0, 0.05) is 5.02 Å². The van der Waals surface area contributed by atoms with E-state index in [1.54, 1.807) is 36.4 Å². The van der Waals surface area contributed by atoms with E-state index in [4.69, 9.17) is 21.1 Å². The van der Waals surface area contributed by atoms with E-state index in [0.717, 1.165) is 0 Å². The van der Waals surface area contributed by atoms with Crippen molar-refractivity contribution in [1.82, 2.24) is 0 Å². The number of hydrogen-bond donors (Lipinski definition) is 1. The molecule has 0 aliphatic carbocycles. The molecule has 0 bridgehead atoms. The number of ether oxygens (including phenoxy) is 2. The van der Waals surface area contributed by atoms with Crippen molar-refractivity contribution in [2.45, 2.75) is 0 Å². The van der Waals surface area contributed by atoms with Crippen molar-refractivity contribution in [3.8, 4) is 17.2 Å². The van der Waals surface area contributed by atoms with E-state index >= 15 is 0 Å². The minimum absolute atomic E-state index is 0.107. The Morgan fingerprint density at radius 3 is 2.66 bits per heavy atom. The van der Waals surface area contributed by atoms with Crippen molar-refractivity contribution in [1.29, 1.82) is 0 Å². The fourth-order valence-corrected chi connectivity index (χ4v) is 3.14. The SMILES string of the molecule is O=C(CN1C(=O)COc2ccccc21)Nc1cc(Cl)ccc1Oc1ccccc1.